The number of hydrogen-bond acceptors (Lipinski definition) is 2. The van der Waals surface area contributed by atoms with Crippen molar-refractivity contribution in [1.82, 2.24) is 0 Å². The maximum atomic E-state index is 11.5. The van der Waals surface area contributed by atoms with Gasteiger partial charge in [-0.05, 0) is 31.4 Å². The third-order valence-corrected chi connectivity index (χ3v) is 2.91. The zero-order valence-electron chi connectivity index (χ0n) is 11.2. The second-order valence-electron chi connectivity index (χ2n) is 4.34. The molecule has 0 aliphatic carbocycles. The summed E-state index contributed by atoms with van der Waals surface area (Å²) in [6, 6.07) is 6.15. The van der Waals surface area contributed by atoms with Crippen molar-refractivity contribution in [2.45, 2.75) is 47.0 Å². The Labute approximate surface area is 104 Å². The van der Waals surface area contributed by atoms with E-state index in [2.05, 4.69) is 37.9 Å². The highest BCUT2D eigenvalue weighted by Gasteiger charge is 2.06. The van der Waals surface area contributed by atoms with E-state index in [9.17, 15) is 4.79 Å². The van der Waals surface area contributed by atoms with Gasteiger partial charge in [0.25, 0.3) is 0 Å². The molecule has 0 amide bonds. The molecule has 0 aromatic heterocycles. The summed E-state index contributed by atoms with van der Waals surface area (Å²) in [5.74, 6) is 0.261. The number of aryl methyl sites for hydroxylation is 2. The molecule has 0 N–H and O–H groups in total. The number of carbonyl (C=O) groups is 1. The summed E-state index contributed by atoms with van der Waals surface area (Å²) in [6.45, 7) is 8.06. The number of carbonyl (C=O) groups excluding carboxylic acids is 1. The van der Waals surface area contributed by atoms with Crippen molar-refractivity contribution in [2.24, 2.45) is 4.99 Å². The number of nitrogens with zero attached hydrogens (tertiary/aromatic N) is 1. The maximum Gasteiger partial charge on any atom is 0.138 e. The van der Waals surface area contributed by atoms with E-state index in [1.165, 1.54) is 11.1 Å². The van der Waals surface area contributed by atoms with E-state index in [0.29, 0.717) is 12.8 Å². The third kappa shape index (κ3) is 3.81. The first kappa shape index (κ1) is 13.6. The highest BCUT2D eigenvalue weighted by atomic mass is 16.1. The molecule has 92 valence electrons. The monoisotopic (exact) mass is 231 g/mol. The Morgan fingerprint density at radius 3 is 2.18 bits per heavy atom. The topological polar surface area (TPSA) is 29.4 Å². The lowest BCUT2D eigenvalue weighted by molar-refractivity contribution is -0.117. The van der Waals surface area contributed by atoms with Gasteiger partial charge in [-0.1, -0.05) is 32.0 Å². The van der Waals surface area contributed by atoms with Crippen LogP contribution in [0.25, 0.3) is 0 Å². The van der Waals surface area contributed by atoms with Gasteiger partial charge in [0.05, 0.1) is 5.69 Å². The summed E-state index contributed by atoms with van der Waals surface area (Å²) in [5, 5.41) is 0. The first-order valence-corrected chi connectivity index (χ1v) is 6.22. The van der Waals surface area contributed by atoms with Crippen LogP contribution in [-0.2, 0) is 4.79 Å². The molecule has 0 heterocycles. The van der Waals surface area contributed by atoms with Gasteiger partial charge >= 0.3 is 0 Å². The summed E-state index contributed by atoms with van der Waals surface area (Å²) in [4.78, 5) is 16.1. The van der Waals surface area contributed by atoms with Gasteiger partial charge in [-0.15, -0.1) is 0 Å². The zero-order chi connectivity index (χ0) is 12.8. The van der Waals surface area contributed by atoms with Crippen LogP contribution in [0, 0.1) is 13.8 Å². The second-order valence-corrected chi connectivity index (χ2v) is 4.34. The smallest absolute Gasteiger partial charge is 0.138 e. The van der Waals surface area contributed by atoms with Crippen molar-refractivity contribution in [1.29, 1.82) is 0 Å². The van der Waals surface area contributed by atoms with E-state index in [4.69, 9.17) is 0 Å². The fourth-order valence-corrected chi connectivity index (χ4v) is 1.74. The molecule has 0 saturated carbocycles. The van der Waals surface area contributed by atoms with E-state index < -0.39 is 0 Å². The van der Waals surface area contributed by atoms with Crippen molar-refractivity contribution >= 4 is 17.2 Å². The average Bonchev–Trinajstić information content (AvgIpc) is 2.32. The van der Waals surface area contributed by atoms with Crippen LogP contribution < -0.4 is 0 Å². The predicted octanol–water partition coefficient (Wildman–Crippen LogP) is 4.16. The van der Waals surface area contributed by atoms with Gasteiger partial charge < -0.3 is 0 Å². The third-order valence-electron chi connectivity index (χ3n) is 2.91. The maximum absolute atomic E-state index is 11.5. The molecule has 2 nitrogen and oxygen atoms in total. The van der Waals surface area contributed by atoms with E-state index in [1.54, 1.807) is 0 Å². The second kappa shape index (κ2) is 6.33. The van der Waals surface area contributed by atoms with Crippen LogP contribution in [0.4, 0.5) is 5.69 Å². The molecule has 17 heavy (non-hydrogen) atoms. The molecule has 0 unspecified atom stereocenters. The Bertz CT molecular complexity index is 412. The number of rotatable bonds is 5. The quantitative estimate of drug-likeness (QED) is 0.700. The zero-order valence-corrected chi connectivity index (χ0v) is 11.2. The Morgan fingerprint density at radius 2 is 1.71 bits per heavy atom. The van der Waals surface area contributed by atoms with Crippen molar-refractivity contribution < 1.29 is 4.79 Å². The van der Waals surface area contributed by atoms with Gasteiger partial charge in [0.15, 0.2) is 0 Å². The number of ketones is 1. The minimum Gasteiger partial charge on any atom is -0.299 e. The molecule has 1 aromatic carbocycles. The number of hydrogen-bond donors (Lipinski definition) is 0. The van der Waals surface area contributed by atoms with Gasteiger partial charge in [-0.25, -0.2) is 0 Å². The van der Waals surface area contributed by atoms with Gasteiger partial charge in [0.2, 0.25) is 0 Å². The molecule has 2 heteroatoms. The van der Waals surface area contributed by atoms with Crippen LogP contribution in [0.5, 0.6) is 0 Å². The molecule has 1 rings (SSSR count). The van der Waals surface area contributed by atoms with Crippen LogP contribution in [0.15, 0.2) is 23.2 Å². The molecular weight excluding hydrogens is 210 g/mol. The minimum atomic E-state index is 0.261. The summed E-state index contributed by atoms with van der Waals surface area (Å²) in [5.41, 5.74) is 4.34. The van der Waals surface area contributed by atoms with Crippen molar-refractivity contribution in [2.75, 3.05) is 0 Å². The van der Waals surface area contributed by atoms with Gasteiger partial charge in [0, 0.05) is 18.6 Å². The number of aliphatic imine (C=N–C) groups is 1. The lowest BCUT2D eigenvalue weighted by Crippen LogP contribution is -2.05. The fourth-order valence-electron chi connectivity index (χ4n) is 1.74. The van der Waals surface area contributed by atoms with Crippen molar-refractivity contribution in [3.8, 4) is 0 Å². The summed E-state index contributed by atoms with van der Waals surface area (Å²) in [7, 11) is 0. The first-order valence-electron chi connectivity index (χ1n) is 6.22. The molecule has 0 radical (unpaired) electrons. The van der Waals surface area contributed by atoms with Crippen LogP contribution in [0.1, 0.15) is 44.2 Å². The predicted molar refractivity (Wildman–Crippen MR) is 73.2 cm³/mol. The molecule has 0 fully saturated rings. The Balaban J connectivity index is 3.02. The number of benzene rings is 1. The summed E-state index contributed by atoms with van der Waals surface area (Å²) < 4.78 is 0. The molecule has 1 aromatic rings. The lowest BCUT2D eigenvalue weighted by atomic mass is 10.1. The van der Waals surface area contributed by atoms with Gasteiger partial charge in [-0.3, -0.25) is 9.79 Å². The van der Waals surface area contributed by atoms with E-state index in [-0.39, 0.29) is 5.78 Å². The highest BCUT2D eigenvalue weighted by Crippen LogP contribution is 2.24. The molecule has 0 bridgehead atoms. The highest BCUT2D eigenvalue weighted by molar-refractivity contribution is 6.02. The molecule has 0 spiro atoms. The van der Waals surface area contributed by atoms with E-state index >= 15 is 0 Å². The molecular formula is C15H21NO. The first-order chi connectivity index (χ1) is 8.08. The van der Waals surface area contributed by atoms with E-state index in [0.717, 1.165) is 17.8 Å². The van der Waals surface area contributed by atoms with Crippen LogP contribution in [0.2, 0.25) is 0 Å². The number of Topliss-reactive ketones (excluding diaryl/α,β-unsaturated/α-hetero) is 1. The minimum absolute atomic E-state index is 0.261. The summed E-state index contributed by atoms with van der Waals surface area (Å²) in [6.07, 6.45) is 1.91. The molecule has 0 atom stereocenters. The molecule has 0 aliphatic rings. The van der Waals surface area contributed by atoms with E-state index in [1.807, 2.05) is 13.0 Å². The lowest BCUT2D eigenvalue weighted by Gasteiger charge is -2.07. The average molecular weight is 231 g/mol. The summed E-state index contributed by atoms with van der Waals surface area (Å²) >= 11 is 0. The Hall–Kier alpha value is -1.44. The molecule has 0 saturated heterocycles. The Morgan fingerprint density at radius 1 is 1.12 bits per heavy atom. The van der Waals surface area contributed by atoms with Crippen LogP contribution in [0.3, 0.4) is 0 Å². The molecule has 0 aliphatic heterocycles. The van der Waals surface area contributed by atoms with Crippen molar-refractivity contribution in [3.05, 3.63) is 29.3 Å². The SMILES string of the molecule is CCC(=O)C/C(CC)=N\c1c(C)cccc1C. The largest absolute Gasteiger partial charge is 0.299 e. The van der Waals surface area contributed by atoms with Crippen LogP contribution >= 0.6 is 0 Å². The normalized spacial score (nSPS) is 11.6. The number of para-hydroxylation sites is 1. The Kier molecular flexibility index (Phi) is 5.08. The van der Waals surface area contributed by atoms with Gasteiger partial charge in [0.1, 0.15) is 5.78 Å². The van der Waals surface area contributed by atoms with Crippen LogP contribution in [-0.4, -0.2) is 11.5 Å². The standard InChI is InChI=1S/C15H21NO/c1-5-13(10-14(17)6-2)16-15-11(3)8-7-9-12(15)4/h7-9H,5-6,10H2,1-4H3/b16-13-. The van der Waals surface area contributed by atoms with Crippen molar-refractivity contribution in [3.63, 3.8) is 0 Å². The fraction of sp³-hybridized carbons (Fsp3) is 0.467. The van der Waals surface area contributed by atoms with Gasteiger partial charge in [-0.2, -0.15) is 0 Å².